The highest BCUT2D eigenvalue weighted by molar-refractivity contribution is 7.47. The van der Waals surface area contributed by atoms with Crippen LogP contribution in [0.1, 0.15) is 181 Å². The zero-order chi connectivity index (χ0) is 46.2. The van der Waals surface area contributed by atoms with E-state index in [9.17, 15) is 43.7 Å². The highest BCUT2D eigenvalue weighted by Crippen LogP contribution is 2.44. The maximum absolute atomic E-state index is 12.7. The maximum atomic E-state index is 12.7. The molecule has 0 radical (unpaired) electrons. The number of Topliss-reactive ketones (excluding diaryl/α,β-unsaturated/α-hetero) is 1. The number of aliphatic hydroxyl groups is 3. The Morgan fingerprint density at radius 3 is 1.79 bits per heavy atom. The van der Waals surface area contributed by atoms with Gasteiger partial charge in [0.15, 0.2) is 6.10 Å². The molecule has 7 atom stereocenters. The van der Waals surface area contributed by atoms with E-state index in [4.69, 9.17) is 23.8 Å². The number of unbranched alkanes of at least 4 members (excludes halogenated alkanes) is 16. The molecule has 0 aromatic rings. The molecule has 0 aromatic heterocycles. The van der Waals surface area contributed by atoms with Crippen molar-refractivity contribution in [1.29, 1.82) is 0 Å². The summed E-state index contributed by atoms with van der Waals surface area (Å²) in [6.45, 7) is 3.72. The molecule has 16 nitrogen and oxygen atoms in total. The Morgan fingerprint density at radius 1 is 0.694 bits per heavy atom. The van der Waals surface area contributed by atoms with Gasteiger partial charge in [-0.15, -0.1) is 0 Å². The number of allylic oxidation sites excluding steroid dienone is 1. The van der Waals surface area contributed by atoms with Crippen LogP contribution in [0.4, 0.5) is 0 Å². The van der Waals surface area contributed by atoms with E-state index >= 15 is 0 Å². The van der Waals surface area contributed by atoms with Gasteiger partial charge in [0.1, 0.15) is 18.5 Å². The fourth-order valence-corrected chi connectivity index (χ4v) is 8.53. The number of rotatable bonds is 40. The molecule has 18 heteroatoms. The van der Waals surface area contributed by atoms with Gasteiger partial charge in [0.25, 0.3) is 0 Å². The largest absolute Gasteiger partial charge is 0.472 e. The Morgan fingerprint density at radius 2 is 1.21 bits per heavy atom. The van der Waals surface area contributed by atoms with Gasteiger partial charge in [0.05, 0.1) is 32.0 Å². The van der Waals surface area contributed by atoms with Crippen molar-refractivity contribution >= 4 is 33.4 Å². The van der Waals surface area contributed by atoms with Crippen LogP contribution >= 0.6 is 15.6 Å². The van der Waals surface area contributed by atoms with Gasteiger partial charge >= 0.3 is 27.6 Å². The summed E-state index contributed by atoms with van der Waals surface area (Å²) >= 11 is 0. The van der Waals surface area contributed by atoms with E-state index in [0.29, 0.717) is 32.1 Å². The molecular weight excluding hydrogens is 846 g/mol. The number of aliphatic hydroxyl groups excluding tert-OH is 3. The van der Waals surface area contributed by atoms with E-state index in [1.54, 1.807) is 12.2 Å². The standard InChI is InChI=1S/C44H82O16P2/c1-4-5-18-24-36(45)28-29-40-39(41(47)30-42(40)48)25-20-16-17-21-26-43(49)56-33-38(34-59-62(54,55)58-32-37(46)31-57-61(51,52)53)60-44(50)27-22-15-13-11-9-7-6-8-10-12-14-19-23-35(2)3/h28-29,35-41,45-47H,4-27,30-34H2,1-3H3,(H,54,55)(H2,51,52,53)/b29-28+/t36-,37-,38+,39+,40+,41-/m0/s1. The Labute approximate surface area is 371 Å². The van der Waals surface area contributed by atoms with Gasteiger partial charge in [-0.3, -0.25) is 28.0 Å². The number of phosphoric acid groups is 2. The first-order chi connectivity index (χ1) is 29.4. The molecule has 1 unspecified atom stereocenters. The van der Waals surface area contributed by atoms with Crippen molar-refractivity contribution in [2.45, 2.75) is 206 Å². The highest BCUT2D eigenvalue weighted by Gasteiger charge is 2.39. The summed E-state index contributed by atoms with van der Waals surface area (Å²) in [5, 5.41) is 30.5. The van der Waals surface area contributed by atoms with Crippen LogP contribution in [0, 0.1) is 17.8 Å². The van der Waals surface area contributed by atoms with Crippen molar-refractivity contribution in [3.63, 3.8) is 0 Å². The predicted molar refractivity (Wildman–Crippen MR) is 236 cm³/mol. The summed E-state index contributed by atoms with van der Waals surface area (Å²) in [4.78, 5) is 65.5. The van der Waals surface area contributed by atoms with Gasteiger partial charge in [-0.05, 0) is 37.5 Å². The molecule has 1 saturated carbocycles. The molecule has 0 aliphatic heterocycles. The second kappa shape index (κ2) is 34.8. The van der Waals surface area contributed by atoms with E-state index in [1.807, 2.05) is 0 Å². The van der Waals surface area contributed by atoms with Gasteiger partial charge in [-0.1, -0.05) is 148 Å². The second-order valence-electron chi connectivity index (χ2n) is 17.3. The summed E-state index contributed by atoms with van der Waals surface area (Å²) in [6.07, 6.45) is 21.2. The van der Waals surface area contributed by atoms with Gasteiger partial charge in [0, 0.05) is 25.2 Å². The van der Waals surface area contributed by atoms with Gasteiger partial charge in [0.2, 0.25) is 0 Å². The molecule has 0 heterocycles. The molecule has 0 aromatic carbocycles. The lowest BCUT2D eigenvalue weighted by atomic mass is 9.88. The van der Waals surface area contributed by atoms with Crippen molar-refractivity contribution in [1.82, 2.24) is 0 Å². The molecule has 364 valence electrons. The van der Waals surface area contributed by atoms with Crippen LogP contribution in [0.5, 0.6) is 0 Å². The molecule has 1 aliphatic rings. The third-order valence-electron chi connectivity index (χ3n) is 11.0. The highest BCUT2D eigenvalue weighted by atomic mass is 31.2. The Kier molecular flexibility index (Phi) is 32.8. The van der Waals surface area contributed by atoms with Gasteiger partial charge < -0.3 is 39.5 Å². The smallest absolute Gasteiger partial charge is 0.462 e. The number of carbonyl (C=O) groups excluding carboxylic acids is 3. The van der Waals surface area contributed by atoms with Crippen LogP contribution in [-0.4, -0.2) is 98.6 Å². The fraction of sp³-hybridized carbons (Fsp3) is 0.886. The maximum Gasteiger partial charge on any atom is 0.472 e. The topological polar surface area (TPSA) is 253 Å². The van der Waals surface area contributed by atoms with Crippen molar-refractivity contribution < 1.29 is 76.6 Å². The van der Waals surface area contributed by atoms with Crippen LogP contribution in [0.15, 0.2) is 12.2 Å². The molecule has 0 spiro atoms. The third kappa shape index (κ3) is 32.2. The lowest BCUT2D eigenvalue weighted by Crippen LogP contribution is -2.30. The van der Waals surface area contributed by atoms with Crippen molar-refractivity contribution in [3.05, 3.63) is 12.2 Å². The predicted octanol–water partition coefficient (Wildman–Crippen LogP) is 8.57. The number of hydrogen-bond donors (Lipinski definition) is 6. The minimum absolute atomic E-state index is 0.0273. The molecule has 1 aliphatic carbocycles. The lowest BCUT2D eigenvalue weighted by molar-refractivity contribution is -0.161. The summed E-state index contributed by atoms with van der Waals surface area (Å²) in [6, 6.07) is 0. The Bertz CT molecular complexity index is 1320. The summed E-state index contributed by atoms with van der Waals surface area (Å²) in [5.41, 5.74) is 0. The number of hydrogen-bond acceptors (Lipinski definition) is 13. The van der Waals surface area contributed by atoms with E-state index in [-0.39, 0.29) is 31.0 Å². The molecule has 1 rings (SSSR count). The minimum atomic E-state index is -4.89. The Balaban J connectivity index is 2.51. The number of ketones is 1. The van der Waals surface area contributed by atoms with E-state index in [1.165, 1.54) is 51.4 Å². The summed E-state index contributed by atoms with van der Waals surface area (Å²) in [5.74, 6) is -1.08. The third-order valence-corrected chi connectivity index (χ3v) is 12.4. The quantitative estimate of drug-likeness (QED) is 0.0146. The molecule has 0 saturated heterocycles. The lowest BCUT2D eigenvalue weighted by Gasteiger charge is -2.20. The van der Waals surface area contributed by atoms with E-state index in [0.717, 1.165) is 63.7 Å². The van der Waals surface area contributed by atoms with Crippen LogP contribution in [0.2, 0.25) is 0 Å². The van der Waals surface area contributed by atoms with E-state index < -0.39 is 84.3 Å². The van der Waals surface area contributed by atoms with Crippen molar-refractivity contribution in [2.24, 2.45) is 17.8 Å². The molecule has 6 N–H and O–H groups in total. The first kappa shape index (κ1) is 58.5. The van der Waals surface area contributed by atoms with Crippen LogP contribution in [-0.2, 0) is 46.6 Å². The Hall–Kier alpha value is -1.55. The number of ether oxygens (including phenoxy) is 2. The minimum Gasteiger partial charge on any atom is -0.462 e. The summed E-state index contributed by atoms with van der Waals surface area (Å²) in [7, 11) is -9.75. The van der Waals surface area contributed by atoms with Crippen LogP contribution < -0.4 is 0 Å². The number of esters is 2. The molecule has 62 heavy (non-hydrogen) atoms. The first-order valence-corrected chi connectivity index (χ1v) is 26.4. The van der Waals surface area contributed by atoms with E-state index in [2.05, 4.69) is 29.8 Å². The average Bonchev–Trinajstić information content (AvgIpc) is 3.47. The SMILES string of the molecule is CCCCC[C@H](O)/C=C/[C@H]1C(=O)C[C@H](O)[C@@H]1CCCCCCC(=O)OC[C@H](COP(=O)(O)OC[C@@H](O)COP(=O)(O)O)OC(=O)CCCCCCCCCCCCCCC(C)C. The summed E-state index contributed by atoms with van der Waals surface area (Å²) < 4.78 is 47.8. The number of carbonyl (C=O) groups is 3. The molecule has 1 fully saturated rings. The van der Waals surface area contributed by atoms with Crippen LogP contribution in [0.3, 0.4) is 0 Å². The molecular formula is C44H82O16P2. The fourth-order valence-electron chi connectivity index (χ4n) is 7.38. The first-order valence-electron chi connectivity index (χ1n) is 23.3. The molecule has 0 bridgehead atoms. The zero-order valence-corrected chi connectivity index (χ0v) is 39.7. The van der Waals surface area contributed by atoms with Crippen LogP contribution in [0.25, 0.3) is 0 Å². The molecule has 0 amide bonds. The van der Waals surface area contributed by atoms with Crippen molar-refractivity contribution in [3.8, 4) is 0 Å². The normalized spacial score (nSPS) is 19.5. The second-order valence-corrected chi connectivity index (χ2v) is 20.0. The zero-order valence-electron chi connectivity index (χ0n) is 37.9. The van der Waals surface area contributed by atoms with Gasteiger partial charge in [-0.25, -0.2) is 9.13 Å². The van der Waals surface area contributed by atoms with Gasteiger partial charge in [-0.2, -0.15) is 0 Å². The monoisotopic (exact) mass is 929 g/mol. The number of phosphoric ester groups is 2. The van der Waals surface area contributed by atoms with Crippen molar-refractivity contribution in [2.75, 3.05) is 26.4 Å². The average molecular weight is 929 g/mol.